The predicted molar refractivity (Wildman–Crippen MR) is 30.3 cm³/mol. The van der Waals surface area contributed by atoms with E-state index in [1.807, 2.05) is 29.9 Å². The van der Waals surface area contributed by atoms with E-state index < -0.39 is 0 Å². The van der Waals surface area contributed by atoms with Crippen molar-refractivity contribution in [3.63, 3.8) is 0 Å². The van der Waals surface area contributed by atoms with Crippen LogP contribution in [-0.4, -0.2) is 0 Å². The number of nitrogens with zero attached hydrogens (tertiary/aromatic N) is 3. The van der Waals surface area contributed by atoms with Gasteiger partial charge in [-0.3, -0.25) is 10.2 Å². The molecule has 2 N–H and O–H groups in total. The number of allylic oxidation sites excluding steroid dienone is 2. The van der Waals surface area contributed by atoms with E-state index in [2.05, 4.69) is 0 Å². The Kier molecular flexibility index (Phi) is 4.85. The average Bonchev–Trinajstić information content (AvgIpc) is 2.17. The SMILES string of the molecule is C1=C[NH2+]C=C1.[N-]=[N+]=[N-]. The molecule has 1 rings (SSSR count). The number of rotatable bonds is 0. The molecule has 0 aromatic heterocycles. The second kappa shape index (κ2) is 5.75. The van der Waals surface area contributed by atoms with Crippen LogP contribution < -0.4 is 5.32 Å². The van der Waals surface area contributed by atoms with E-state index in [1.165, 1.54) is 4.91 Å². The molecule has 4 heteroatoms. The van der Waals surface area contributed by atoms with Gasteiger partial charge < -0.3 is 11.1 Å². The average molecular weight is 110 g/mol. The first kappa shape index (κ1) is 6.75. The second-order valence-corrected chi connectivity index (χ2v) is 1.05. The lowest BCUT2D eigenvalue weighted by Gasteiger charge is -1.61. The molecule has 1 heterocycles. The topological polar surface area (TPSA) is 75.3 Å². The van der Waals surface area contributed by atoms with E-state index in [1.54, 1.807) is 0 Å². The summed E-state index contributed by atoms with van der Waals surface area (Å²) < 4.78 is 0. The maximum atomic E-state index is 6.75. The normalized spacial score (nSPS) is 12.0. The van der Waals surface area contributed by atoms with Gasteiger partial charge in [0.05, 0.1) is 12.4 Å². The summed E-state index contributed by atoms with van der Waals surface area (Å²) in [5.74, 6) is 0. The van der Waals surface area contributed by atoms with Crippen molar-refractivity contribution in [3.05, 3.63) is 40.5 Å². The molecule has 0 saturated heterocycles. The molecule has 0 saturated carbocycles. The maximum absolute atomic E-state index is 6.75. The third-order valence-corrected chi connectivity index (χ3v) is 0.556. The van der Waals surface area contributed by atoms with E-state index in [4.69, 9.17) is 11.1 Å². The smallest absolute Gasteiger partial charge is 0.0973 e. The molecule has 8 heavy (non-hydrogen) atoms. The highest BCUT2D eigenvalue weighted by molar-refractivity contribution is 4.98. The summed E-state index contributed by atoms with van der Waals surface area (Å²) in [5, 5.41) is 2.00. The standard InChI is InChI=1S/C4H5N.N3/c1-2-4-5-3-1;1-3-2/h1-5H;/q;-1/p+1. The Balaban J connectivity index is 0.000000145. The zero-order valence-electron chi connectivity index (χ0n) is 4.23. The number of hydrogen-bond acceptors (Lipinski definition) is 0. The minimum Gasteiger partial charge on any atom is -0.373 e. The monoisotopic (exact) mass is 110 g/mol. The lowest BCUT2D eigenvalue weighted by atomic mass is 10.6. The molecular weight excluding hydrogens is 104 g/mol. The number of nitrogens with two attached hydrogens (primary N) is 1. The van der Waals surface area contributed by atoms with Gasteiger partial charge in [0.25, 0.3) is 0 Å². The highest BCUT2D eigenvalue weighted by Crippen LogP contribution is 1.67. The molecule has 0 fully saturated rings. The Morgan fingerprint density at radius 2 is 1.50 bits per heavy atom. The molecule has 0 aromatic rings. The van der Waals surface area contributed by atoms with Crippen LogP contribution in [0.1, 0.15) is 0 Å². The van der Waals surface area contributed by atoms with Gasteiger partial charge in [0.1, 0.15) is 0 Å². The molecule has 4 nitrogen and oxygen atoms in total. The molecule has 1 aliphatic heterocycles. The largest absolute Gasteiger partial charge is 0.373 e. The number of hydrogen-bond donors (Lipinski definition) is 1. The third kappa shape index (κ3) is 4.75. The van der Waals surface area contributed by atoms with Gasteiger partial charge in [0, 0.05) is 0 Å². The van der Waals surface area contributed by atoms with Gasteiger partial charge >= 0.3 is 0 Å². The molecule has 0 radical (unpaired) electrons. The summed E-state index contributed by atoms with van der Waals surface area (Å²) in [6, 6.07) is 0. The Hall–Kier alpha value is -1.25. The summed E-state index contributed by atoms with van der Waals surface area (Å²) in [6.45, 7) is 0. The van der Waals surface area contributed by atoms with E-state index in [9.17, 15) is 0 Å². The Morgan fingerprint density at radius 1 is 1.12 bits per heavy atom. The van der Waals surface area contributed by atoms with Gasteiger partial charge in [-0.15, -0.1) is 0 Å². The minimum atomic E-state index is 1.50. The fourth-order valence-electron chi connectivity index (χ4n) is 0.321. The first-order valence-corrected chi connectivity index (χ1v) is 2.07. The molecule has 0 unspecified atom stereocenters. The summed E-state index contributed by atoms with van der Waals surface area (Å²) in [6.07, 6.45) is 8.00. The van der Waals surface area contributed by atoms with Gasteiger partial charge in [-0.05, 0) is 12.2 Å². The molecular formula is C4H6N4. The van der Waals surface area contributed by atoms with Crippen LogP contribution in [-0.2, 0) is 0 Å². The van der Waals surface area contributed by atoms with Crippen molar-refractivity contribution in [3.8, 4) is 0 Å². The van der Waals surface area contributed by atoms with Crippen LogP contribution in [0.25, 0.3) is 16.0 Å². The van der Waals surface area contributed by atoms with E-state index >= 15 is 0 Å². The quantitative estimate of drug-likeness (QED) is 0.267. The van der Waals surface area contributed by atoms with Crippen LogP contribution in [0.4, 0.5) is 0 Å². The Bertz CT molecular complexity index is 119. The van der Waals surface area contributed by atoms with Gasteiger partial charge in [0.2, 0.25) is 0 Å². The molecule has 42 valence electrons. The summed E-state index contributed by atoms with van der Waals surface area (Å²) in [7, 11) is 0. The lowest BCUT2D eigenvalue weighted by Crippen LogP contribution is -2.69. The van der Waals surface area contributed by atoms with E-state index in [0.717, 1.165) is 0 Å². The highest BCUT2D eigenvalue weighted by Gasteiger charge is 1.75. The van der Waals surface area contributed by atoms with Crippen molar-refractivity contribution in [2.75, 3.05) is 0 Å². The van der Waals surface area contributed by atoms with Crippen molar-refractivity contribution >= 4 is 0 Å². The fourth-order valence-corrected chi connectivity index (χ4v) is 0.321. The van der Waals surface area contributed by atoms with Crippen molar-refractivity contribution in [1.82, 2.24) is 0 Å². The van der Waals surface area contributed by atoms with E-state index in [-0.39, 0.29) is 0 Å². The highest BCUT2D eigenvalue weighted by atomic mass is 15.0. The molecule has 0 spiro atoms. The molecule has 1 aliphatic rings. The molecule has 0 aromatic carbocycles. The molecule has 0 amide bonds. The molecule has 0 aliphatic carbocycles. The van der Waals surface area contributed by atoms with Gasteiger partial charge in [-0.2, -0.15) is 0 Å². The zero-order valence-corrected chi connectivity index (χ0v) is 4.23. The predicted octanol–water partition coefficient (Wildman–Crippen LogP) is 0.457. The van der Waals surface area contributed by atoms with Crippen molar-refractivity contribution < 1.29 is 5.32 Å². The van der Waals surface area contributed by atoms with Gasteiger partial charge in [-0.1, -0.05) is 0 Å². The summed E-state index contributed by atoms with van der Waals surface area (Å²) in [4.78, 5) is 1.50. The second-order valence-electron chi connectivity index (χ2n) is 1.05. The summed E-state index contributed by atoms with van der Waals surface area (Å²) >= 11 is 0. The van der Waals surface area contributed by atoms with Gasteiger partial charge in [-0.25, -0.2) is 0 Å². The van der Waals surface area contributed by atoms with Crippen LogP contribution in [0.5, 0.6) is 0 Å². The van der Waals surface area contributed by atoms with Gasteiger partial charge in [0.15, 0.2) is 0 Å². The van der Waals surface area contributed by atoms with Crippen LogP contribution in [0, 0.1) is 0 Å². The van der Waals surface area contributed by atoms with Crippen molar-refractivity contribution in [1.29, 1.82) is 0 Å². The summed E-state index contributed by atoms with van der Waals surface area (Å²) in [5.41, 5.74) is 13.5. The first-order chi connectivity index (χ1) is 3.91. The first-order valence-electron chi connectivity index (χ1n) is 2.07. The van der Waals surface area contributed by atoms with Crippen molar-refractivity contribution in [2.45, 2.75) is 0 Å². The fraction of sp³-hybridized carbons (Fsp3) is 0. The van der Waals surface area contributed by atoms with Crippen LogP contribution in [0.2, 0.25) is 0 Å². The molecule has 0 atom stereocenters. The molecule has 0 bridgehead atoms. The number of quaternary nitrogens is 1. The minimum absolute atomic E-state index is 1.50. The van der Waals surface area contributed by atoms with Crippen LogP contribution >= 0.6 is 0 Å². The van der Waals surface area contributed by atoms with E-state index in [0.29, 0.717) is 0 Å². The third-order valence-electron chi connectivity index (χ3n) is 0.556. The van der Waals surface area contributed by atoms with Crippen molar-refractivity contribution in [2.24, 2.45) is 0 Å². The lowest BCUT2D eigenvalue weighted by molar-refractivity contribution is -0.510. The van der Waals surface area contributed by atoms with Crippen LogP contribution in [0.15, 0.2) is 24.6 Å². The zero-order chi connectivity index (χ0) is 6.24. The van der Waals surface area contributed by atoms with Crippen LogP contribution in [0.3, 0.4) is 0 Å². The maximum Gasteiger partial charge on any atom is 0.0973 e. The Morgan fingerprint density at radius 3 is 1.62 bits per heavy atom. The Labute approximate surface area is 46.9 Å².